The molecule has 18 heavy (non-hydrogen) atoms. The fourth-order valence-electron chi connectivity index (χ4n) is 1.73. The molecule has 92 valence electrons. The molecule has 5 heteroatoms. The van der Waals surface area contributed by atoms with E-state index in [1.54, 1.807) is 29.2 Å². The van der Waals surface area contributed by atoms with Crippen molar-refractivity contribution in [2.24, 2.45) is 4.99 Å². The zero-order chi connectivity index (χ0) is 13.0. The van der Waals surface area contributed by atoms with Crippen molar-refractivity contribution in [3.05, 3.63) is 41.3 Å². The van der Waals surface area contributed by atoms with Crippen LogP contribution in [-0.2, 0) is 6.54 Å². The molecule has 0 aliphatic carbocycles. The molecular weight excluding hydrogens is 250 g/mol. The number of pyridine rings is 1. The molecule has 0 atom stereocenters. The minimum absolute atomic E-state index is 0.394. The number of aromatic nitrogens is 2. The summed E-state index contributed by atoms with van der Waals surface area (Å²) in [6, 6.07) is 3.61. The lowest BCUT2D eigenvalue weighted by Gasteiger charge is -2.00. The molecule has 0 aliphatic rings. The van der Waals surface area contributed by atoms with Gasteiger partial charge in [0.2, 0.25) is 0 Å². The second kappa shape index (κ2) is 5.60. The summed E-state index contributed by atoms with van der Waals surface area (Å²) in [4.78, 5) is 19.4. The summed E-state index contributed by atoms with van der Waals surface area (Å²) < 4.78 is 1.76. The number of rotatable bonds is 4. The van der Waals surface area contributed by atoms with E-state index in [0.717, 1.165) is 11.7 Å². The molecule has 0 amide bonds. The van der Waals surface area contributed by atoms with Crippen LogP contribution >= 0.6 is 11.6 Å². The van der Waals surface area contributed by atoms with Gasteiger partial charge in [-0.05, 0) is 19.1 Å². The van der Waals surface area contributed by atoms with E-state index in [1.807, 2.05) is 19.1 Å². The number of carbonyl (C=O) groups is 1. The molecule has 4 nitrogen and oxygen atoms in total. The number of allylic oxidation sites excluding steroid dienone is 1. The first kappa shape index (κ1) is 12.5. The van der Waals surface area contributed by atoms with Crippen molar-refractivity contribution in [2.45, 2.75) is 13.5 Å². The molecular formula is C13H12ClN3O. The zero-order valence-electron chi connectivity index (χ0n) is 9.88. The first-order valence-corrected chi connectivity index (χ1v) is 5.88. The fourth-order valence-corrected chi connectivity index (χ4v) is 2.02. The lowest BCUT2D eigenvalue weighted by Crippen LogP contribution is -2.00. The van der Waals surface area contributed by atoms with Crippen LogP contribution in [0.5, 0.6) is 0 Å². The van der Waals surface area contributed by atoms with Crippen LogP contribution in [0.25, 0.3) is 11.0 Å². The van der Waals surface area contributed by atoms with Crippen LogP contribution in [-0.4, -0.2) is 22.1 Å². The number of hydrogen-bond donors (Lipinski definition) is 0. The van der Waals surface area contributed by atoms with Crippen LogP contribution in [0.2, 0.25) is 5.15 Å². The van der Waals surface area contributed by atoms with Crippen molar-refractivity contribution < 1.29 is 4.79 Å². The van der Waals surface area contributed by atoms with E-state index in [9.17, 15) is 4.79 Å². The molecule has 2 rings (SSSR count). The number of fused-ring (bicyclic) bond motifs is 1. The third kappa shape index (κ3) is 2.19. The Bertz CT molecular complexity index is 628. The van der Waals surface area contributed by atoms with Crippen LogP contribution in [0, 0.1) is 0 Å². The minimum atomic E-state index is 0.394. The molecule has 0 fully saturated rings. The monoisotopic (exact) mass is 261 g/mol. The number of hydrogen-bond acceptors (Lipinski definition) is 3. The van der Waals surface area contributed by atoms with E-state index >= 15 is 0 Å². The van der Waals surface area contributed by atoms with Gasteiger partial charge in [0.05, 0.1) is 12.1 Å². The standard InChI is InChI=1S/C13H12ClN3O/c1-2-5-15-7-8-17-12(14)11(9-18)10-4-3-6-16-13(10)17/h2-7,9H,8H2,1H3/b5-2-,15-7?. The van der Waals surface area contributed by atoms with Gasteiger partial charge in [-0.25, -0.2) is 4.98 Å². The average molecular weight is 262 g/mol. The van der Waals surface area contributed by atoms with Gasteiger partial charge in [-0.1, -0.05) is 17.7 Å². The summed E-state index contributed by atoms with van der Waals surface area (Å²) in [7, 11) is 0. The van der Waals surface area contributed by atoms with Gasteiger partial charge in [0.25, 0.3) is 0 Å². The van der Waals surface area contributed by atoms with E-state index in [4.69, 9.17) is 11.6 Å². The molecule has 0 bridgehead atoms. The van der Waals surface area contributed by atoms with Crippen molar-refractivity contribution in [1.82, 2.24) is 9.55 Å². The van der Waals surface area contributed by atoms with Crippen LogP contribution in [0.3, 0.4) is 0 Å². The SMILES string of the molecule is C/C=C\N=CCn1c(Cl)c(C=O)c2cccnc21. The summed E-state index contributed by atoms with van der Waals surface area (Å²) >= 11 is 6.18. The molecule has 2 aromatic heterocycles. The summed E-state index contributed by atoms with van der Waals surface area (Å²) in [5.41, 5.74) is 1.16. The average Bonchev–Trinajstić information content (AvgIpc) is 2.67. The molecule has 0 saturated heterocycles. The molecule has 2 aromatic rings. The highest BCUT2D eigenvalue weighted by molar-refractivity contribution is 6.34. The van der Waals surface area contributed by atoms with E-state index < -0.39 is 0 Å². The van der Waals surface area contributed by atoms with Gasteiger partial charge in [0.15, 0.2) is 6.29 Å². The molecule has 2 heterocycles. The highest BCUT2D eigenvalue weighted by Crippen LogP contribution is 2.26. The Morgan fingerprint density at radius 3 is 3.11 bits per heavy atom. The van der Waals surface area contributed by atoms with Crippen molar-refractivity contribution in [3.63, 3.8) is 0 Å². The Hall–Kier alpha value is -1.94. The van der Waals surface area contributed by atoms with Crippen molar-refractivity contribution in [1.29, 1.82) is 0 Å². The normalized spacial score (nSPS) is 11.9. The quantitative estimate of drug-likeness (QED) is 0.627. The minimum Gasteiger partial charge on any atom is -0.310 e. The number of carbonyl (C=O) groups excluding carboxylic acids is 1. The van der Waals surface area contributed by atoms with Crippen molar-refractivity contribution in [3.8, 4) is 0 Å². The summed E-state index contributed by atoms with van der Waals surface area (Å²) in [5.74, 6) is 0. The fraction of sp³-hybridized carbons (Fsp3) is 0.154. The van der Waals surface area contributed by atoms with Gasteiger partial charge < -0.3 is 4.57 Å². The number of aliphatic imine (C=N–C) groups is 1. The topological polar surface area (TPSA) is 47.2 Å². The molecule has 0 unspecified atom stereocenters. The Kier molecular flexibility index (Phi) is 3.89. The van der Waals surface area contributed by atoms with Gasteiger partial charge >= 0.3 is 0 Å². The zero-order valence-corrected chi connectivity index (χ0v) is 10.6. The predicted octanol–water partition coefficient (Wildman–Crippen LogP) is 3.11. The van der Waals surface area contributed by atoms with E-state index in [2.05, 4.69) is 9.98 Å². The van der Waals surface area contributed by atoms with Crippen LogP contribution in [0.1, 0.15) is 17.3 Å². The van der Waals surface area contributed by atoms with E-state index in [0.29, 0.717) is 22.9 Å². The molecule has 0 N–H and O–H groups in total. The lowest BCUT2D eigenvalue weighted by molar-refractivity contribution is 0.112. The Labute approximate surface area is 110 Å². The van der Waals surface area contributed by atoms with Crippen molar-refractivity contribution >= 4 is 35.1 Å². The van der Waals surface area contributed by atoms with Gasteiger partial charge in [-0.3, -0.25) is 9.79 Å². The maximum atomic E-state index is 11.1. The molecule has 0 aromatic carbocycles. The van der Waals surface area contributed by atoms with Crippen molar-refractivity contribution in [2.75, 3.05) is 0 Å². The molecule has 0 saturated carbocycles. The van der Waals surface area contributed by atoms with Crippen LogP contribution in [0.15, 0.2) is 35.6 Å². The third-order valence-corrected chi connectivity index (χ3v) is 2.92. The Morgan fingerprint density at radius 2 is 2.39 bits per heavy atom. The van der Waals surface area contributed by atoms with Gasteiger partial charge in [0.1, 0.15) is 10.8 Å². The van der Waals surface area contributed by atoms with E-state index in [1.165, 1.54) is 0 Å². The smallest absolute Gasteiger partial charge is 0.153 e. The highest BCUT2D eigenvalue weighted by Gasteiger charge is 2.14. The first-order valence-electron chi connectivity index (χ1n) is 5.50. The molecule has 0 spiro atoms. The van der Waals surface area contributed by atoms with Crippen LogP contribution in [0.4, 0.5) is 0 Å². The Morgan fingerprint density at radius 1 is 1.56 bits per heavy atom. The maximum absolute atomic E-state index is 11.1. The van der Waals surface area contributed by atoms with Gasteiger partial charge in [-0.15, -0.1) is 0 Å². The maximum Gasteiger partial charge on any atom is 0.153 e. The van der Waals surface area contributed by atoms with E-state index in [-0.39, 0.29) is 0 Å². The second-order valence-electron chi connectivity index (χ2n) is 3.62. The number of aldehydes is 1. The van der Waals surface area contributed by atoms with Crippen LogP contribution < -0.4 is 0 Å². The second-order valence-corrected chi connectivity index (χ2v) is 3.98. The summed E-state index contributed by atoms with van der Waals surface area (Å²) in [6.45, 7) is 2.37. The number of nitrogens with zero attached hydrogens (tertiary/aromatic N) is 3. The first-order chi connectivity index (χ1) is 8.79. The highest BCUT2D eigenvalue weighted by atomic mass is 35.5. The summed E-state index contributed by atoms with van der Waals surface area (Å²) in [5, 5.41) is 1.16. The van der Waals surface area contributed by atoms with Gasteiger partial charge in [-0.2, -0.15) is 0 Å². The third-order valence-electron chi connectivity index (χ3n) is 2.51. The number of halogens is 1. The largest absolute Gasteiger partial charge is 0.310 e. The summed E-state index contributed by atoms with van der Waals surface area (Å²) in [6.07, 6.45) is 7.67. The van der Waals surface area contributed by atoms with Gasteiger partial charge in [0, 0.05) is 24.0 Å². The molecule has 0 aliphatic heterocycles. The Balaban J connectivity index is 2.49. The lowest BCUT2D eigenvalue weighted by atomic mass is 10.2. The molecule has 0 radical (unpaired) electrons. The predicted molar refractivity (Wildman–Crippen MR) is 73.4 cm³/mol.